The molecule has 114 valence electrons. The lowest BCUT2D eigenvalue weighted by molar-refractivity contribution is 0.00827. The van der Waals surface area contributed by atoms with Crippen molar-refractivity contribution < 1.29 is 9.84 Å². The number of aliphatic hydroxyl groups excluding tert-OH is 1. The highest BCUT2D eigenvalue weighted by atomic mass is 32.1. The molecule has 0 amide bonds. The van der Waals surface area contributed by atoms with Crippen molar-refractivity contribution in [2.45, 2.75) is 31.6 Å². The summed E-state index contributed by atoms with van der Waals surface area (Å²) in [5.41, 5.74) is 1.25. The second-order valence-electron chi connectivity index (χ2n) is 5.53. The Balaban J connectivity index is 1.44. The molecule has 3 heterocycles. The Bertz CT molecular complexity index is 512. The van der Waals surface area contributed by atoms with Crippen molar-refractivity contribution in [1.29, 1.82) is 0 Å². The Kier molecular flexibility index (Phi) is 5.08. The highest BCUT2D eigenvalue weighted by molar-refractivity contribution is 7.09. The first kappa shape index (κ1) is 14.8. The third kappa shape index (κ3) is 3.95. The lowest BCUT2D eigenvalue weighted by Crippen LogP contribution is -2.34. The van der Waals surface area contributed by atoms with E-state index in [1.165, 1.54) is 17.0 Å². The highest BCUT2D eigenvalue weighted by Crippen LogP contribution is 2.30. The third-order valence-corrected chi connectivity index (χ3v) is 4.77. The molecular formula is C16H22N2O2S. The molecule has 0 spiro atoms. The summed E-state index contributed by atoms with van der Waals surface area (Å²) in [5.74, 6) is 0. The van der Waals surface area contributed by atoms with Gasteiger partial charge in [0.05, 0.1) is 19.3 Å². The number of rotatable bonds is 7. The zero-order valence-electron chi connectivity index (χ0n) is 12.1. The van der Waals surface area contributed by atoms with Crippen LogP contribution in [0.5, 0.6) is 0 Å². The van der Waals surface area contributed by atoms with Crippen LogP contribution in [-0.2, 0) is 11.3 Å². The predicted octanol–water partition coefficient (Wildman–Crippen LogP) is 2.79. The SMILES string of the molecule is O[C@H](COCc1cccs1)CN1CCC[C@@H]1c1ccc[nH]1. The van der Waals surface area contributed by atoms with Gasteiger partial charge in [0, 0.05) is 29.4 Å². The smallest absolute Gasteiger partial charge is 0.0900 e. The van der Waals surface area contributed by atoms with Crippen LogP contribution in [-0.4, -0.2) is 40.8 Å². The van der Waals surface area contributed by atoms with Gasteiger partial charge in [-0.05, 0) is 43.0 Å². The second-order valence-corrected chi connectivity index (χ2v) is 6.56. The van der Waals surface area contributed by atoms with Crippen LogP contribution < -0.4 is 0 Å². The second kappa shape index (κ2) is 7.22. The van der Waals surface area contributed by atoms with Crippen molar-refractivity contribution in [2.24, 2.45) is 0 Å². The van der Waals surface area contributed by atoms with Crippen LogP contribution in [0.15, 0.2) is 35.8 Å². The number of aliphatic hydroxyl groups is 1. The summed E-state index contributed by atoms with van der Waals surface area (Å²) in [6.07, 6.45) is 3.88. The molecule has 2 aromatic heterocycles. The normalized spacial score (nSPS) is 20.9. The van der Waals surface area contributed by atoms with E-state index in [9.17, 15) is 5.11 Å². The molecule has 4 nitrogen and oxygen atoms in total. The largest absolute Gasteiger partial charge is 0.389 e. The van der Waals surface area contributed by atoms with Crippen molar-refractivity contribution >= 4 is 11.3 Å². The molecule has 21 heavy (non-hydrogen) atoms. The zero-order chi connectivity index (χ0) is 14.5. The molecule has 3 rings (SSSR count). The molecule has 0 radical (unpaired) electrons. The summed E-state index contributed by atoms with van der Waals surface area (Å²) in [4.78, 5) is 6.84. The van der Waals surface area contributed by atoms with E-state index in [1.807, 2.05) is 23.7 Å². The Labute approximate surface area is 129 Å². The van der Waals surface area contributed by atoms with Crippen molar-refractivity contribution in [3.63, 3.8) is 0 Å². The van der Waals surface area contributed by atoms with E-state index in [4.69, 9.17) is 4.74 Å². The van der Waals surface area contributed by atoms with Crippen molar-refractivity contribution in [3.8, 4) is 0 Å². The van der Waals surface area contributed by atoms with E-state index in [1.54, 1.807) is 11.3 Å². The molecule has 5 heteroatoms. The zero-order valence-corrected chi connectivity index (χ0v) is 12.9. The van der Waals surface area contributed by atoms with Crippen LogP contribution in [0.4, 0.5) is 0 Å². The number of likely N-dealkylation sites (tertiary alicyclic amines) is 1. The maximum Gasteiger partial charge on any atom is 0.0900 e. The molecule has 1 aliphatic rings. The highest BCUT2D eigenvalue weighted by Gasteiger charge is 2.28. The standard InChI is InChI=1S/C16H22N2O2S/c19-13(11-20-12-14-4-3-9-21-14)10-18-8-2-6-16(18)15-5-1-7-17-15/h1,3-5,7,9,13,16-17,19H,2,6,8,10-12H2/t13-,16+/m0/s1. The summed E-state index contributed by atoms with van der Waals surface area (Å²) in [6.45, 7) is 2.71. The number of β-amino-alcohol motifs (C(OH)–C–C–N with tert-alkyl or cyclic N) is 1. The molecule has 0 saturated carbocycles. The van der Waals surface area contributed by atoms with Crippen LogP contribution in [0.1, 0.15) is 29.5 Å². The molecule has 0 aromatic carbocycles. The lowest BCUT2D eigenvalue weighted by Gasteiger charge is -2.26. The maximum absolute atomic E-state index is 10.2. The molecule has 2 aromatic rings. The van der Waals surface area contributed by atoms with Gasteiger partial charge in [0.15, 0.2) is 0 Å². The summed E-state index contributed by atoms with van der Waals surface area (Å²) in [6, 6.07) is 8.64. The van der Waals surface area contributed by atoms with Crippen molar-refractivity contribution in [1.82, 2.24) is 9.88 Å². The molecule has 2 atom stereocenters. The van der Waals surface area contributed by atoms with E-state index in [0.717, 1.165) is 13.0 Å². The lowest BCUT2D eigenvalue weighted by atomic mass is 10.1. The average molecular weight is 306 g/mol. The molecular weight excluding hydrogens is 284 g/mol. The molecule has 1 aliphatic heterocycles. The maximum atomic E-state index is 10.2. The first-order valence-electron chi connectivity index (χ1n) is 7.48. The summed E-state index contributed by atoms with van der Waals surface area (Å²) in [5, 5.41) is 12.2. The Morgan fingerprint density at radius 1 is 1.43 bits per heavy atom. The number of hydrogen-bond donors (Lipinski definition) is 2. The first-order chi connectivity index (χ1) is 10.3. The Morgan fingerprint density at radius 2 is 2.38 bits per heavy atom. The summed E-state index contributed by atoms with van der Waals surface area (Å²) >= 11 is 1.68. The van der Waals surface area contributed by atoms with Crippen LogP contribution in [0, 0.1) is 0 Å². The molecule has 0 bridgehead atoms. The van der Waals surface area contributed by atoms with E-state index in [0.29, 0.717) is 25.8 Å². The molecule has 0 unspecified atom stereocenters. The fraction of sp³-hybridized carbons (Fsp3) is 0.500. The first-order valence-corrected chi connectivity index (χ1v) is 8.36. The van der Waals surface area contributed by atoms with Gasteiger partial charge in [0.25, 0.3) is 0 Å². The fourth-order valence-electron chi connectivity index (χ4n) is 2.96. The monoisotopic (exact) mass is 306 g/mol. The quantitative estimate of drug-likeness (QED) is 0.827. The van der Waals surface area contributed by atoms with Crippen LogP contribution in [0.2, 0.25) is 0 Å². The molecule has 1 saturated heterocycles. The Hall–Kier alpha value is -1.14. The number of aromatic amines is 1. The number of hydrogen-bond acceptors (Lipinski definition) is 4. The van der Waals surface area contributed by atoms with Gasteiger partial charge in [0.2, 0.25) is 0 Å². The van der Waals surface area contributed by atoms with E-state index in [2.05, 4.69) is 22.0 Å². The van der Waals surface area contributed by atoms with Gasteiger partial charge in [-0.15, -0.1) is 11.3 Å². The van der Waals surface area contributed by atoms with Gasteiger partial charge >= 0.3 is 0 Å². The minimum absolute atomic E-state index is 0.395. The minimum atomic E-state index is -0.430. The van der Waals surface area contributed by atoms with E-state index in [-0.39, 0.29) is 0 Å². The minimum Gasteiger partial charge on any atom is -0.389 e. The van der Waals surface area contributed by atoms with Gasteiger partial charge in [0.1, 0.15) is 0 Å². The number of H-pyrrole nitrogens is 1. The van der Waals surface area contributed by atoms with Gasteiger partial charge in [-0.3, -0.25) is 4.90 Å². The third-order valence-electron chi connectivity index (χ3n) is 3.92. The number of ether oxygens (including phenoxy) is 1. The van der Waals surface area contributed by atoms with Crippen molar-refractivity contribution in [3.05, 3.63) is 46.4 Å². The van der Waals surface area contributed by atoms with Crippen LogP contribution in [0.3, 0.4) is 0 Å². The average Bonchev–Trinajstić information content (AvgIpc) is 3.20. The van der Waals surface area contributed by atoms with E-state index >= 15 is 0 Å². The van der Waals surface area contributed by atoms with Gasteiger partial charge < -0.3 is 14.8 Å². The van der Waals surface area contributed by atoms with Crippen LogP contribution >= 0.6 is 11.3 Å². The molecule has 0 aliphatic carbocycles. The molecule has 2 N–H and O–H groups in total. The van der Waals surface area contributed by atoms with E-state index < -0.39 is 6.10 Å². The number of nitrogens with zero attached hydrogens (tertiary/aromatic N) is 1. The number of nitrogens with one attached hydrogen (secondary N) is 1. The fourth-order valence-corrected chi connectivity index (χ4v) is 3.60. The summed E-state index contributed by atoms with van der Waals surface area (Å²) in [7, 11) is 0. The Morgan fingerprint density at radius 3 is 3.14 bits per heavy atom. The topological polar surface area (TPSA) is 48.5 Å². The predicted molar refractivity (Wildman–Crippen MR) is 84.3 cm³/mol. The number of aromatic nitrogens is 1. The van der Waals surface area contributed by atoms with Crippen molar-refractivity contribution in [2.75, 3.05) is 19.7 Å². The van der Waals surface area contributed by atoms with Gasteiger partial charge in [-0.1, -0.05) is 6.07 Å². The molecule has 1 fully saturated rings. The van der Waals surface area contributed by atoms with Gasteiger partial charge in [-0.25, -0.2) is 0 Å². The van der Waals surface area contributed by atoms with Crippen LogP contribution in [0.25, 0.3) is 0 Å². The number of thiophene rings is 1. The summed E-state index contributed by atoms with van der Waals surface area (Å²) < 4.78 is 5.60. The van der Waals surface area contributed by atoms with Gasteiger partial charge in [-0.2, -0.15) is 0 Å².